The molecule has 0 aromatic carbocycles. The minimum absolute atomic E-state index is 0.153. The van der Waals surface area contributed by atoms with Gasteiger partial charge in [0.15, 0.2) is 0 Å². The topological polar surface area (TPSA) is 77.7 Å². The molecule has 0 saturated heterocycles. The number of hydrogen-bond acceptors (Lipinski definition) is 3. The van der Waals surface area contributed by atoms with Crippen molar-refractivity contribution in [2.24, 2.45) is 15.9 Å². The lowest BCUT2D eigenvalue weighted by molar-refractivity contribution is -0.120. The maximum Gasteiger partial charge on any atom is 0.241 e. The maximum atomic E-state index is 11.3. The number of guanidine groups is 1. The van der Waals surface area contributed by atoms with Gasteiger partial charge < -0.3 is 0 Å². The number of nitrogens with zero attached hydrogens (tertiary/aromatic N) is 2. The first kappa shape index (κ1) is 8.31. The number of fused-ring (bicyclic) bond motifs is 1. The molecule has 0 bridgehead atoms. The molecule has 0 radical (unpaired) electrons. The van der Waals surface area contributed by atoms with Crippen LogP contribution in [0.3, 0.4) is 0 Å². The number of halogens is 1. The highest BCUT2D eigenvalue weighted by Crippen LogP contribution is 2.18. The number of rotatable bonds is 0. The molecule has 1 unspecified atom stereocenters. The highest BCUT2D eigenvalue weighted by atomic mass is 79.9. The molecule has 6 heteroatoms. The van der Waals surface area contributed by atoms with Crippen LogP contribution in [0.1, 0.15) is 0 Å². The molecule has 1 amide bonds. The third-order valence-electron chi connectivity index (χ3n) is 1.67. The van der Waals surface area contributed by atoms with Gasteiger partial charge in [0.25, 0.3) is 0 Å². The van der Waals surface area contributed by atoms with Crippen molar-refractivity contribution in [2.75, 3.05) is 0 Å². The molecular weight excluding hydrogens is 236 g/mol. The van der Waals surface area contributed by atoms with Crippen LogP contribution in [0.25, 0.3) is 0 Å². The van der Waals surface area contributed by atoms with E-state index in [-0.39, 0.29) is 11.9 Å². The lowest BCUT2D eigenvalue weighted by Crippen LogP contribution is -2.42. The van der Waals surface area contributed by atoms with Crippen LogP contribution in [-0.2, 0) is 4.79 Å². The molecule has 2 aliphatic heterocycles. The van der Waals surface area contributed by atoms with Gasteiger partial charge in [-0.1, -0.05) is 0 Å². The average molecular weight is 241 g/mol. The van der Waals surface area contributed by atoms with Crippen LogP contribution < -0.4 is 5.32 Å². The maximum absolute atomic E-state index is 11.3. The van der Waals surface area contributed by atoms with Crippen LogP contribution in [0, 0.1) is 11.3 Å². The fourth-order valence-corrected chi connectivity index (χ4v) is 1.48. The number of nitrogens with one attached hydrogen (secondary N) is 2. The van der Waals surface area contributed by atoms with Crippen LogP contribution in [0.4, 0.5) is 0 Å². The smallest absolute Gasteiger partial charge is 0.241 e. The first-order chi connectivity index (χ1) is 6.16. The van der Waals surface area contributed by atoms with Crippen molar-refractivity contribution in [3.63, 3.8) is 0 Å². The Morgan fingerprint density at radius 3 is 3.15 bits per heavy atom. The molecule has 2 aliphatic rings. The Labute approximate surface area is 82.3 Å². The van der Waals surface area contributed by atoms with Gasteiger partial charge >= 0.3 is 0 Å². The summed E-state index contributed by atoms with van der Waals surface area (Å²) in [5.41, 5.74) is 0. The fraction of sp³-hybridized carbons (Fsp3) is 0.143. The number of hydrogen-bond donors (Lipinski definition) is 2. The molecule has 0 aromatic heterocycles. The first-order valence-electron chi connectivity index (χ1n) is 3.56. The summed E-state index contributed by atoms with van der Waals surface area (Å²) in [5.74, 6) is -0.506. The fourth-order valence-electron chi connectivity index (χ4n) is 1.11. The number of carbonyl (C=O) groups excluding carboxylic acids is 1. The molecule has 13 heavy (non-hydrogen) atoms. The second kappa shape index (κ2) is 2.88. The number of carbonyl (C=O) groups is 1. The lowest BCUT2D eigenvalue weighted by Gasteiger charge is -2.19. The zero-order chi connectivity index (χ0) is 9.42. The molecule has 0 saturated carbocycles. The number of amidine groups is 1. The van der Waals surface area contributed by atoms with E-state index in [1.807, 2.05) is 0 Å². The normalized spacial score (nSPS) is 26.1. The summed E-state index contributed by atoms with van der Waals surface area (Å²) < 4.78 is 0.750. The van der Waals surface area contributed by atoms with Crippen LogP contribution >= 0.6 is 15.9 Å². The van der Waals surface area contributed by atoms with Crippen molar-refractivity contribution < 1.29 is 4.79 Å². The van der Waals surface area contributed by atoms with E-state index in [2.05, 4.69) is 31.2 Å². The standard InChI is InChI=1S/C7H5BrN4O/c8-3-1-4-5(10-2-3)11-7(9)12-6(4)13/h1-2,4H,(H2,9,12,13). The Bertz CT molecular complexity index is 382. The van der Waals surface area contributed by atoms with E-state index >= 15 is 0 Å². The summed E-state index contributed by atoms with van der Waals surface area (Å²) in [7, 11) is 0. The minimum atomic E-state index is -0.464. The zero-order valence-electron chi connectivity index (χ0n) is 6.41. The van der Waals surface area contributed by atoms with Gasteiger partial charge in [-0.05, 0) is 22.0 Å². The van der Waals surface area contributed by atoms with Gasteiger partial charge in [-0.25, -0.2) is 4.99 Å². The second-order valence-electron chi connectivity index (χ2n) is 2.60. The molecule has 0 spiro atoms. The minimum Gasteiger partial charge on any atom is -0.294 e. The summed E-state index contributed by atoms with van der Waals surface area (Å²) in [6, 6.07) is 0. The van der Waals surface area contributed by atoms with E-state index in [9.17, 15) is 4.79 Å². The van der Waals surface area contributed by atoms with E-state index in [1.54, 1.807) is 12.3 Å². The molecule has 0 fully saturated rings. The van der Waals surface area contributed by atoms with Gasteiger partial charge in [0.1, 0.15) is 11.8 Å². The molecule has 1 atom stereocenters. The van der Waals surface area contributed by atoms with Gasteiger partial charge in [-0.3, -0.25) is 15.5 Å². The Hall–Kier alpha value is -1.30. The number of dihydropyridines is 1. The number of allylic oxidation sites excluding steroid dienone is 1. The lowest BCUT2D eigenvalue weighted by atomic mass is 10.0. The largest absolute Gasteiger partial charge is 0.294 e. The van der Waals surface area contributed by atoms with Gasteiger partial charge in [-0.15, -0.1) is 0 Å². The molecule has 0 aromatic rings. The predicted octanol–water partition coefficient (Wildman–Crippen LogP) is 0.429. The number of aliphatic imine (C=N–C) groups is 2. The second-order valence-corrected chi connectivity index (χ2v) is 3.51. The summed E-state index contributed by atoms with van der Waals surface area (Å²) >= 11 is 3.22. The third-order valence-corrected chi connectivity index (χ3v) is 2.14. The summed E-state index contributed by atoms with van der Waals surface area (Å²) in [4.78, 5) is 19.0. The van der Waals surface area contributed by atoms with Gasteiger partial charge in [0.2, 0.25) is 11.9 Å². The van der Waals surface area contributed by atoms with Gasteiger partial charge in [0.05, 0.1) is 0 Å². The molecule has 2 rings (SSSR count). The highest BCUT2D eigenvalue weighted by molar-refractivity contribution is 9.12. The quantitative estimate of drug-likeness (QED) is 0.633. The Morgan fingerprint density at radius 2 is 2.38 bits per heavy atom. The van der Waals surface area contributed by atoms with Crippen LogP contribution in [0.2, 0.25) is 0 Å². The Morgan fingerprint density at radius 1 is 1.62 bits per heavy atom. The molecule has 0 aliphatic carbocycles. The van der Waals surface area contributed by atoms with Crippen molar-refractivity contribution in [1.82, 2.24) is 5.32 Å². The Balaban J connectivity index is 2.44. The van der Waals surface area contributed by atoms with Crippen molar-refractivity contribution in [3.05, 3.63) is 10.6 Å². The molecule has 2 N–H and O–H groups in total. The molecular formula is C7H5BrN4O. The van der Waals surface area contributed by atoms with Crippen LogP contribution in [-0.4, -0.2) is 23.9 Å². The monoisotopic (exact) mass is 240 g/mol. The summed E-state index contributed by atoms with van der Waals surface area (Å²) in [6.45, 7) is 0. The molecule has 5 nitrogen and oxygen atoms in total. The van der Waals surface area contributed by atoms with E-state index in [1.165, 1.54) is 0 Å². The average Bonchev–Trinajstić information content (AvgIpc) is 2.06. The highest BCUT2D eigenvalue weighted by Gasteiger charge is 2.29. The van der Waals surface area contributed by atoms with Crippen molar-refractivity contribution in [1.29, 1.82) is 5.41 Å². The summed E-state index contributed by atoms with van der Waals surface area (Å²) in [5, 5.41) is 9.48. The molecule has 2 heterocycles. The van der Waals surface area contributed by atoms with E-state index < -0.39 is 5.92 Å². The summed E-state index contributed by atoms with van der Waals surface area (Å²) in [6.07, 6.45) is 3.26. The third kappa shape index (κ3) is 1.44. The van der Waals surface area contributed by atoms with Crippen LogP contribution in [0.5, 0.6) is 0 Å². The molecule has 66 valence electrons. The van der Waals surface area contributed by atoms with Crippen molar-refractivity contribution >= 4 is 39.8 Å². The van der Waals surface area contributed by atoms with Gasteiger partial charge in [-0.2, -0.15) is 4.99 Å². The predicted molar refractivity (Wildman–Crippen MR) is 52.3 cm³/mol. The van der Waals surface area contributed by atoms with E-state index in [4.69, 9.17) is 5.41 Å². The first-order valence-corrected chi connectivity index (χ1v) is 4.35. The van der Waals surface area contributed by atoms with Crippen molar-refractivity contribution in [2.45, 2.75) is 0 Å². The van der Waals surface area contributed by atoms with Crippen molar-refractivity contribution in [3.8, 4) is 0 Å². The zero-order valence-corrected chi connectivity index (χ0v) is 8.00. The van der Waals surface area contributed by atoms with E-state index in [0.717, 1.165) is 4.48 Å². The van der Waals surface area contributed by atoms with E-state index in [0.29, 0.717) is 5.84 Å². The Kier molecular flexibility index (Phi) is 1.84. The van der Waals surface area contributed by atoms with Crippen LogP contribution in [0.15, 0.2) is 20.5 Å². The van der Waals surface area contributed by atoms with Gasteiger partial charge in [0, 0.05) is 10.7 Å². The number of amides is 1. The SMILES string of the molecule is N=C1N=C2N=CC(Br)=CC2C(=O)N1.